The molecule has 4 rings (SSSR count). The van der Waals surface area contributed by atoms with Gasteiger partial charge in [-0.3, -0.25) is 4.40 Å². The lowest BCUT2D eigenvalue weighted by Crippen LogP contribution is -2.13. The van der Waals surface area contributed by atoms with Crippen molar-refractivity contribution in [1.29, 1.82) is 5.26 Å². The quantitative estimate of drug-likeness (QED) is 0.433. The Morgan fingerprint density at radius 1 is 1.07 bits per heavy atom. The first kappa shape index (κ1) is 20.0. The van der Waals surface area contributed by atoms with Gasteiger partial charge in [-0.1, -0.05) is 55.8 Å². The van der Waals surface area contributed by atoms with Crippen molar-refractivity contribution >= 4 is 22.5 Å². The molecule has 0 fully saturated rings. The van der Waals surface area contributed by atoms with Crippen LogP contribution in [0, 0.1) is 31.1 Å². The number of benzene rings is 2. The third-order valence-corrected chi connectivity index (χ3v) is 5.75. The van der Waals surface area contributed by atoms with Crippen LogP contribution in [-0.2, 0) is 6.42 Å². The molecule has 2 aromatic carbocycles. The van der Waals surface area contributed by atoms with Crippen molar-refractivity contribution in [2.24, 2.45) is 5.92 Å². The zero-order chi connectivity index (χ0) is 21.3. The van der Waals surface area contributed by atoms with Gasteiger partial charge < -0.3 is 5.32 Å². The van der Waals surface area contributed by atoms with Gasteiger partial charge in [0.25, 0.3) is 0 Å². The molecule has 0 aliphatic rings. The van der Waals surface area contributed by atoms with Crippen LogP contribution in [0.4, 0.5) is 5.82 Å². The monoisotopic (exact) mass is 396 g/mol. The van der Waals surface area contributed by atoms with Gasteiger partial charge in [-0.15, -0.1) is 0 Å². The zero-order valence-electron chi connectivity index (χ0n) is 18.2. The smallest absolute Gasteiger partial charge is 0.157 e. The molecule has 2 aromatic heterocycles. The number of pyridine rings is 1. The molecule has 2 heterocycles. The predicted molar refractivity (Wildman–Crippen MR) is 124 cm³/mol. The van der Waals surface area contributed by atoms with Crippen LogP contribution in [0.3, 0.4) is 0 Å². The Balaban J connectivity index is 1.97. The number of imidazole rings is 1. The summed E-state index contributed by atoms with van der Waals surface area (Å²) >= 11 is 0. The average molecular weight is 397 g/mol. The van der Waals surface area contributed by atoms with E-state index in [9.17, 15) is 5.26 Å². The Morgan fingerprint density at radius 2 is 1.80 bits per heavy atom. The van der Waals surface area contributed by atoms with Gasteiger partial charge in [0.1, 0.15) is 11.9 Å². The number of nitrogens with zero attached hydrogens (tertiary/aromatic N) is 3. The summed E-state index contributed by atoms with van der Waals surface area (Å²) < 4.78 is 2.14. The van der Waals surface area contributed by atoms with Crippen molar-refractivity contribution in [2.75, 3.05) is 11.9 Å². The second-order valence-corrected chi connectivity index (χ2v) is 8.47. The van der Waals surface area contributed by atoms with Crippen LogP contribution >= 0.6 is 0 Å². The van der Waals surface area contributed by atoms with Crippen LogP contribution in [0.5, 0.6) is 0 Å². The zero-order valence-corrected chi connectivity index (χ0v) is 18.2. The molecule has 0 bridgehead atoms. The average Bonchev–Trinajstić information content (AvgIpc) is 3.10. The summed E-state index contributed by atoms with van der Waals surface area (Å²) in [5.41, 5.74) is 7.98. The van der Waals surface area contributed by atoms with E-state index in [-0.39, 0.29) is 0 Å². The van der Waals surface area contributed by atoms with E-state index < -0.39 is 0 Å². The van der Waals surface area contributed by atoms with Crippen molar-refractivity contribution in [3.63, 3.8) is 0 Å². The molecule has 1 N–H and O–H groups in total. The number of hydrogen-bond donors (Lipinski definition) is 1. The summed E-state index contributed by atoms with van der Waals surface area (Å²) in [6.45, 7) is 9.51. The maximum atomic E-state index is 9.98. The van der Waals surface area contributed by atoms with Crippen LogP contribution in [0.15, 0.2) is 48.5 Å². The minimum Gasteiger partial charge on any atom is -0.371 e. The van der Waals surface area contributed by atoms with Crippen LogP contribution < -0.4 is 5.32 Å². The molecule has 0 amide bonds. The molecule has 152 valence electrons. The van der Waals surface area contributed by atoms with Gasteiger partial charge in [-0.2, -0.15) is 5.26 Å². The molecule has 4 nitrogen and oxygen atoms in total. The molecule has 4 heteroatoms. The molecule has 0 radical (unpaired) electrons. The Morgan fingerprint density at radius 3 is 2.50 bits per heavy atom. The van der Waals surface area contributed by atoms with Crippen molar-refractivity contribution in [3.05, 3.63) is 76.3 Å². The highest BCUT2D eigenvalue weighted by atomic mass is 15.1. The summed E-state index contributed by atoms with van der Waals surface area (Å²) in [4.78, 5) is 4.81. The van der Waals surface area contributed by atoms with Crippen LogP contribution in [0.1, 0.15) is 48.1 Å². The van der Waals surface area contributed by atoms with E-state index in [4.69, 9.17) is 4.98 Å². The normalized spacial score (nSPS) is 11.3. The molecule has 0 aliphatic heterocycles. The fourth-order valence-corrected chi connectivity index (χ4v) is 3.98. The fraction of sp³-hybridized carbons (Fsp3) is 0.308. The lowest BCUT2D eigenvalue weighted by atomic mass is 9.97. The fourth-order valence-electron chi connectivity index (χ4n) is 3.98. The van der Waals surface area contributed by atoms with E-state index in [0.29, 0.717) is 11.5 Å². The molecule has 0 spiro atoms. The summed E-state index contributed by atoms with van der Waals surface area (Å²) in [6, 6.07) is 19.2. The topological polar surface area (TPSA) is 53.1 Å². The minimum absolute atomic E-state index is 0.618. The number of nitriles is 1. The molecule has 0 saturated carbocycles. The lowest BCUT2D eigenvalue weighted by Gasteiger charge is -2.19. The highest BCUT2D eigenvalue weighted by Crippen LogP contribution is 2.32. The molecule has 0 saturated heterocycles. The van der Waals surface area contributed by atoms with Crippen molar-refractivity contribution in [2.45, 2.75) is 40.5 Å². The van der Waals surface area contributed by atoms with E-state index in [0.717, 1.165) is 53.0 Å². The number of nitrogens with one attached hydrogen (secondary N) is 1. The van der Waals surface area contributed by atoms with Crippen molar-refractivity contribution in [3.8, 4) is 6.07 Å². The summed E-state index contributed by atoms with van der Waals surface area (Å²) in [5, 5.41) is 13.7. The Hall–Kier alpha value is -3.32. The van der Waals surface area contributed by atoms with Gasteiger partial charge in [-0.05, 0) is 49.4 Å². The Bertz CT molecular complexity index is 1240. The molecule has 0 aliphatic carbocycles. The van der Waals surface area contributed by atoms with Gasteiger partial charge in [0.15, 0.2) is 5.65 Å². The van der Waals surface area contributed by atoms with Crippen LogP contribution in [0.25, 0.3) is 16.7 Å². The summed E-state index contributed by atoms with van der Waals surface area (Å²) in [6.07, 6.45) is 1.85. The summed E-state index contributed by atoms with van der Waals surface area (Å²) in [7, 11) is 0. The Kier molecular flexibility index (Phi) is 5.46. The number of aromatic nitrogens is 2. The SMILES string of the molecule is Cc1ccc(Cc2c(C)c(C#N)c3nc4ccccc4n3c2NCCC(C)C)cc1. The lowest BCUT2D eigenvalue weighted by molar-refractivity contribution is 0.606. The predicted octanol–water partition coefficient (Wildman–Crippen LogP) is 6.02. The second kappa shape index (κ2) is 8.20. The van der Waals surface area contributed by atoms with Gasteiger partial charge in [-0.25, -0.2) is 4.98 Å². The van der Waals surface area contributed by atoms with Crippen LogP contribution in [0.2, 0.25) is 0 Å². The molecule has 4 aromatic rings. The third-order valence-electron chi connectivity index (χ3n) is 5.75. The van der Waals surface area contributed by atoms with E-state index in [1.807, 2.05) is 18.2 Å². The molecular formula is C26H28N4. The minimum atomic E-state index is 0.618. The third kappa shape index (κ3) is 3.64. The largest absolute Gasteiger partial charge is 0.371 e. The van der Waals surface area contributed by atoms with E-state index in [1.54, 1.807) is 0 Å². The molecular weight excluding hydrogens is 368 g/mol. The molecule has 0 unspecified atom stereocenters. The number of aryl methyl sites for hydroxylation is 1. The number of rotatable bonds is 6. The highest BCUT2D eigenvalue weighted by molar-refractivity contribution is 5.86. The number of fused-ring (bicyclic) bond motifs is 3. The number of para-hydroxylation sites is 2. The van der Waals surface area contributed by atoms with Gasteiger partial charge in [0.05, 0.1) is 16.6 Å². The van der Waals surface area contributed by atoms with Crippen molar-refractivity contribution in [1.82, 2.24) is 9.38 Å². The second-order valence-electron chi connectivity index (χ2n) is 8.47. The first-order chi connectivity index (χ1) is 14.5. The standard InChI is InChI=1S/C26H28N4/c1-17(2)13-14-28-25-21(15-20-11-9-18(3)10-12-20)19(4)22(16-27)26-29-23-7-5-6-8-24(23)30(25)26/h5-12,17,28H,13-15H2,1-4H3. The van der Waals surface area contributed by atoms with Crippen LogP contribution in [-0.4, -0.2) is 15.9 Å². The first-order valence-electron chi connectivity index (χ1n) is 10.6. The van der Waals surface area contributed by atoms with Crippen molar-refractivity contribution < 1.29 is 0 Å². The molecule has 30 heavy (non-hydrogen) atoms. The number of anilines is 1. The van der Waals surface area contributed by atoms with E-state index in [2.05, 4.69) is 73.8 Å². The highest BCUT2D eigenvalue weighted by Gasteiger charge is 2.20. The molecule has 0 atom stereocenters. The van der Waals surface area contributed by atoms with E-state index >= 15 is 0 Å². The van der Waals surface area contributed by atoms with Gasteiger partial charge in [0, 0.05) is 18.5 Å². The Labute approximate surface area is 178 Å². The first-order valence-corrected chi connectivity index (χ1v) is 10.6. The van der Waals surface area contributed by atoms with E-state index in [1.165, 1.54) is 11.1 Å². The maximum Gasteiger partial charge on any atom is 0.157 e. The van der Waals surface area contributed by atoms with Gasteiger partial charge in [0.2, 0.25) is 0 Å². The number of hydrogen-bond acceptors (Lipinski definition) is 3. The summed E-state index contributed by atoms with van der Waals surface area (Å²) in [5.74, 6) is 1.67. The van der Waals surface area contributed by atoms with Gasteiger partial charge >= 0.3 is 0 Å². The maximum absolute atomic E-state index is 9.98.